The van der Waals surface area contributed by atoms with Gasteiger partial charge in [-0.15, -0.1) is 0 Å². The first kappa shape index (κ1) is 14.1. The largest absolute Gasteiger partial charge is 0.354 e. The number of carbonyl (C=O) groups excluding carboxylic acids is 1. The summed E-state index contributed by atoms with van der Waals surface area (Å²) in [4.78, 5) is 18.8. The predicted molar refractivity (Wildman–Crippen MR) is 86.5 cm³/mol. The van der Waals surface area contributed by atoms with Crippen molar-refractivity contribution in [3.63, 3.8) is 0 Å². The number of anilines is 1. The van der Waals surface area contributed by atoms with Gasteiger partial charge >= 0.3 is 0 Å². The van der Waals surface area contributed by atoms with Gasteiger partial charge in [0.2, 0.25) is 0 Å². The second-order valence-electron chi connectivity index (χ2n) is 5.07. The third-order valence-electron chi connectivity index (χ3n) is 3.62. The van der Waals surface area contributed by atoms with E-state index in [1.807, 2.05) is 42.5 Å². The average Bonchev–Trinajstić information content (AvgIpc) is 2.97. The molecule has 108 valence electrons. The first-order chi connectivity index (χ1) is 10.2. The Morgan fingerprint density at radius 3 is 2.81 bits per heavy atom. The van der Waals surface area contributed by atoms with Gasteiger partial charge in [0.1, 0.15) is 5.82 Å². The summed E-state index contributed by atoms with van der Waals surface area (Å²) in [6.07, 6.45) is 2.73. The highest BCUT2D eigenvalue weighted by Gasteiger charge is 2.25. The molecule has 1 aromatic carbocycles. The molecule has 2 heterocycles. The number of amides is 1. The van der Waals surface area contributed by atoms with Gasteiger partial charge in [0.25, 0.3) is 5.91 Å². The van der Waals surface area contributed by atoms with Crippen LogP contribution in [0.25, 0.3) is 0 Å². The smallest absolute Gasteiger partial charge is 0.252 e. The van der Waals surface area contributed by atoms with Gasteiger partial charge < -0.3 is 10.2 Å². The molecule has 1 aromatic heterocycles. The molecule has 1 atom stereocenters. The molecule has 5 heteroatoms. The minimum Gasteiger partial charge on any atom is -0.354 e. The van der Waals surface area contributed by atoms with Crippen LogP contribution in [0, 0.1) is 0 Å². The van der Waals surface area contributed by atoms with E-state index in [0.717, 1.165) is 29.8 Å². The van der Waals surface area contributed by atoms with Crippen molar-refractivity contribution >= 4 is 27.7 Å². The van der Waals surface area contributed by atoms with Crippen LogP contribution in [-0.4, -0.2) is 30.0 Å². The van der Waals surface area contributed by atoms with E-state index in [1.165, 1.54) is 0 Å². The third kappa shape index (κ3) is 3.24. The molecule has 1 N–H and O–H groups in total. The van der Waals surface area contributed by atoms with Crippen LogP contribution in [0.2, 0.25) is 0 Å². The Morgan fingerprint density at radius 2 is 2.05 bits per heavy atom. The Balaban J connectivity index is 1.63. The molecule has 0 aliphatic carbocycles. The molecule has 0 spiro atoms. The van der Waals surface area contributed by atoms with Crippen LogP contribution in [0.5, 0.6) is 0 Å². The molecule has 0 bridgehead atoms. The van der Waals surface area contributed by atoms with E-state index in [0.29, 0.717) is 5.56 Å². The van der Waals surface area contributed by atoms with Gasteiger partial charge in [-0.2, -0.15) is 0 Å². The van der Waals surface area contributed by atoms with Gasteiger partial charge in [-0.1, -0.05) is 18.2 Å². The van der Waals surface area contributed by atoms with Crippen molar-refractivity contribution in [1.29, 1.82) is 0 Å². The maximum Gasteiger partial charge on any atom is 0.252 e. The summed E-state index contributed by atoms with van der Waals surface area (Å²) in [6, 6.07) is 13.5. The molecule has 1 fully saturated rings. The molecule has 1 aliphatic rings. The number of carbonyl (C=O) groups is 1. The van der Waals surface area contributed by atoms with Crippen LogP contribution in [-0.2, 0) is 0 Å². The first-order valence-corrected chi connectivity index (χ1v) is 7.75. The average molecular weight is 346 g/mol. The topological polar surface area (TPSA) is 45.2 Å². The van der Waals surface area contributed by atoms with Gasteiger partial charge in [0.15, 0.2) is 0 Å². The standard InChI is InChI=1S/C16H16BrN3O/c17-14-6-2-1-5-13(14)16(21)19-12-8-10-20(11-12)15-7-3-4-9-18-15/h1-7,9,12H,8,10-11H2,(H,19,21)/t12-/m0/s1. The van der Waals surface area contributed by atoms with Crippen LogP contribution in [0.3, 0.4) is 0 Å². The normalized spacial score (nSPS) is 17.8. The Kier molecular flexibility index (Phi) is 4.20. The van der Waals surface area contributed by atoms with E-state index < -0.39 is 0 Å². The van der Waals surface area contributed by atoms with Crippen molar-refractivity contribution < 1.29 is 4.79 Å². The number of hydrogen-bond acceptors (Lipinski definition) is 3. The van der Waals surface area contributed by atoms with E-state index in [9.17, 15) is 4.79 Å². The molecule has 0 saturated carbocycles. The number of nitrogens with one attached hydrogen (secondary N) is 1. The third-order valence-corrected chi connectivity index (χ3v) is 4.31. The summed E-state index contributed by atoms with van der Waals surface area (Å²) in [5, 5.41) is 3.10. The molecule has 0 unspecified atom stereocenters. The zero-order valence-corrected chi connectivity index (χ0v) is 13.1. The lowest BCUT2D eigenvalue weighted by Crippen LogP contribution is -2.37. The first-order valence-electron chi connectivity index (χ1n) is 6.95. The van der Waals surface area contributed by atoms with E-state index in [-0.39, 0.29) is 11.9 Å². The summed E-state index contributed by atoms with van der Waals surface area (Å²) in [5.41, 5.74) is 0.675. The Morgan fingerprint density at radius 1 is 1.24 bits per heavy atom. The monoisotopic (exact) mass is 345 g/mol. The van der Waals surface area contributed by atoms with Crippen molar-refractivity contribution in [3.05, 3.63) is 58.7 Å². The SMILES string of the molecule is O=C(N[C@H]1CCN(c2ccccn2)C1)c1ccccc1Br. The minimum atomic E-state index is -0.0321. The fraction of sp³-hybridized carbons (Fsp3) is 0.250. The Hall–Kier alpha value is -1.88. The second kappa shape index (κ2) is 6.26. The maximum absolute atomic E-state index is 12.3. The van der Waals surface area contributed by atoms with E-state index >= 15 is 0 Å². The minimum absolute atomic E-state index is 0.0321. The molecule has 1 aliphatic heterocycles. The molecular weight excluding hydrogens is 330 g/mol. The maximum atomic E-state index is 12.3. The van der Waals surface area contributed by atoms with E-state index in [4.69, 9.17) is 0 Å². The summed E-state index contributed by atoms with van der Waals surface area (Å²) < 4.78 is 0.821. The summed E-state index contributed by atoms with van der Waals surface area (Å²) >= 11 is 3.41. The zero-order chi connectivity index (χ0) is 14.7. The molecular formula is C16H16BrN3O. The van der Waals surface area contributed by atoms with E-state index in [1.54, 1.807) is 6.20 Å². The molecule has 4 nitrogen and oxygen atoms in total. The highest BCUT2D eigenvalue weighted by molar-refractivity contribution is 9.10. The number of rotatable bonds is 3. The quantitative estimate of drug-likeness (QED) is 0.930. The lowest BCUT2D eigenvalue weighted by molar-refractivity contribution is 0.0939. The lowest BCUT2D eigenvalue weighted by atomic mass is 10.2. The number of halogens is 1. The Bertz CT molecular complexity index is 632. The van der Waals surface area contributed by atoms with Gasteiger partial charge in [-0.05, 0) is 46.6 Å². The molecule has 1 saturated heterocycles. The van der Waals surface area contributed by atoms with Crippen molar-refractivity contribution in [2.45, 2.75) is 12.5 Å². The van der Waals surface area contributed by atoms with Crippen LogP contribution in [0.4, 0.5) is 5.82 Å². The van der Waals surface area contributed by atoms with Crippen LogP contribution >= 0.6 is 15.9 Å². The number of pyridine rings is 1. The van der Waals surface area contributed by atoms with Gasteiger partial charge in [-0.25, -0.2) is 4.98 Å². The molecule has 3 rings (SSSR count). The van der Waals surface area contributed by atoms with Gasteiger partial charge in [0, 0.05) is 29.8 Å². The number of aromatic nitrogens is 1. The number of benzene rings is 1. The summed E-state index contributed by atoms with van der Waals surface area (Å²) in [6.45, 7) is 1.71. The highest BCUT2D eigenvalue weighted by Crippen LogP contribution is 2.19. The molecule has 21 heavy (non-hydrogen) atoms. The molecule has 0 radical (unpaired) electrons. The highest BCUT2D eigenvalue weighted by atomic mass is 79.9. The fourth-order valence-electron chi connectivity index (χ4n) is 2.54. The van der Waals surface area contributed by atoms with Crippen molar-refractivity contribution in [1.82, 2.24) is 10.3 Å². The van der Waals surface area contributed by atoms with Crippen LogP contribution in [0.15, 0.2) is 53.1 Å². The number of nitrogens with zero attached hydrogens (tertiary/aromatic N) is 2. The zero-order valence-electron chi connectivity index (χ0n) is 11.5. The van der Waals surface area contributed by atoms with E-state index in [2.05, 4.69) is 31.1 Å². The predicted octanol–water partition coefficient (Wildman–Crippen LogP) is 2.85. The fourth-order valence-corrected chi connectivity index (χ4v) is 3.00. The second-order valence-corrected chi connectivity index (χ2v) is 5.93. The molecule has 1 amide bonds. The van der Waals surface area contributed by atoms with Gasteiger partial charge in [-0.3, -0.25) is 4.79 Å². The van der Waals surface area contributed by atoms with Crippen LogP contribution < -0.4 is 10.2 Å². The van der Waals surface area contributed by atoms with Crippen molar-refractivity contribution in [2.75, 3.05) is 18.0 Å². The van der Waals surface area contributed by atoms with Crippen molar-refractivity contribution in [3.8, 4) is 0 Å². The van der Waals surface area contributed by atoms with Gasteiger partial charge in [0.05, 0.1) is 5.56 Å². The summed E-state index contributed by atoms with van der Waals surface area (Å²) in [7, 11) is 0. The van der Waals surface area contributed by atoms with Crippen molar-refractivity contribution in [2.24, 2.45) is 0 Å². The number of hydrogen-bond donors (Lipinski definition) is 1. The molecule has 2 aromatic rings. The lowest BCUT2D eigenvalue weighted by Gasteiger charge is -2.18. The Labute approximate surface area is 132 Å². The van der Waals surface area contributed by atoms with Crippen LogP contribution in [0.1, 0.15) is 16.8 Å². The summed E-state index contributed by atoms with van der Waals surface area (Å²) in [5.74, 6) is 0.936.